The first-order valence-electron chi connectivity index (χ1n) is 7.22. The smallest absolute Gasteiger partial charge is 0.295 e. The molecule has 0 saturated carbocycles. The molecule has 0 spiro atoms. The summed E-state index contributed by atoms with van der Waals surface area (Å²) in [5, 5.41) is 18.7. The maximum absolute atomic E-state index is 11.1. The first-order valence-corrected chi connectivity index (χ1v) is 7.22. The van der Waals surface area contributed by atoms with Crippen molar-refractivity contribution in [1.29, 1.82) is 0 Å². The van der Waals surface area contributed by atoms with Gasteiger partial charge in [-0.2, -0.15) is 0 Å². The van der Waals surface area contributed by atoms with E-state index in [-0.39, 0.29) is 10.6 Å². The molecule has 2 N–H and O–H groups in total. The molecular weight excluding hydrogens is 268 g/mol. The molecule has 0 amide bonds. The lowest BCUT2D eigenvalue weighted by Crippen LogP contribution is -2.33. The minimum atomic E-state index is -0.385. The number of anilines is 1. The van der Waals surface area contributed by atoms with Crippen LogP contribution < -0.4 is 10.6 Å². The van der Waals surface area contributed by atoms with Gasteiger partial charge in [0.2, 0.25) is 0 Å². The Morgan fingerprint density at radius 3 is 3.10 bits per heavy atom. The zero-order valence-electron chi connectivity index (χ0n) is 11.7. The summed E-state index contributed by atoms with van der Waals surface area (Å²) in [6.07, 6.45) is 4.04. The summed E-state index contributed by atoms with van der Waals surface area (Å²) in [5.74, 6) is 0.598. The van der Waals surface area contributed by atoms with Crippen molar-refractivity contribution in [3.63, 3.8) is 0 Å². The number of hydrogen-bond donors (Lipinski definition) is 2. The van der Waals surface area contributed by atoms with Gasteiger partial charge >= 0.3 is 0 Å². The molecule has 1 fully saturated rings. The van der Waals surface area contributed by atoms with Gasteiger partial charge in [0.1, 0.15) is 5.52 Å². The predicted octanol–water partition coefficient (Wildman–Crippen LogP) is 2.55. The topological polar surface area (TPSA) is 80.1 Å². The first-order chi connectivity index (χ1) is 10.3. The molecule has 1 saturated heterocycles. The highest BCUT2D eigenvalue weighted by molar-refractivity contribution is 5.96. The molecule has 6 nitrogen and oxygen atoms in total. The number of nitrogens with zero attached hydrogens (tertiary/aromatic N) is 2. The van der Waals surface area contributed by atoms with Crippen LogP contribution in [0.5, 0.6) is 0 Å². The molecule has 0 bridgehead atoms. The Morgan fingerprint density at radius 2 is 2.33 bits per heavy atom. The maximum Gasteiger partial charge on any atom is 0.295 e. The Labute approximate surface area is 122 Å². The Bertz CT molecular complexity index is 653. The van der Waals surface area contributed by atoms with E-state index in [0.717, 1.165) is 30.7 Å². The maximum atomic E-state index is 11.1. The number of para-hydroxylation sites is 1. The van der Waals surface area contributed by atoms with Gasteiger partial charge in [-0.3, -0.25) is 10.1 Å². The van der Waals surface area contributed by atoms with Crippen molar-refractivity contribution in [2.24, 2.45) is 5.92 Å². The van der Waals surface area contributed by atoms with Crippen LogP contribution in [0.25, 0.3) is 10.9 Å². The molecule has 2 aromatic rings. The third kappa shape index (κ3) is 2.95. The molecule has 1 aliphatic heterocycles. The standard InChI is InChI=1S/C15H18N4O2/c20-19(21)14-5-1-4-12-13(6-8-17-15(12)14)18-10-11-3-2-7-16-9-11/h1,4-6,8,11,16H,2-3,7,9-10H2,(H,17,18). The molecule has 0 radical (unpaired) electrons. The highest BCUT2D eigenvalue weighted by atomic mass is 16.6. The summed E-state index contributed by atoms with van der Waals surface area (Å²) >= 11 is 0. The molecule has 3 rings (SSSR count). The average Bonchev–Trinajstić information content (AvgIpc) is 2.53. The SMILES string of the molecule is O=[N+]([O-])c1cccc2c(NCC3CCCNC3)ccnc12. The van der Waals surface area contributed by atoms with Crippen molar-refractivity contribution in [2.75, 3.05) is 25.0 Å². The number of nitrogens with one attached hydrogen (secondary N) is 2. The second kappa shape index (κ2) is 6.05. The molecule has 0 aliphatic carbocycles. The molecule has 1 atom stereocenters. The molecule has 21 heavy (non-hydrogen) atoms. The number of fused-ring (bicyclic) bond motifs is 1. The van der Waals surface area contributed by atoms with Gasteiger partial charge in [-0.25, -0.2) is 4.98 Å². The minimum Gasteiger partial charge on any atom is -0.384 e. The van der Waals surface area contributed by atoms with E-state index in [1.807, 2.05) is 12.1 Å². The predicted molar refractivity (Wildman–Crippen MR) is 82.5 cm³/mol. The average molecular weight is 286 g/mol. The third-order valence-electron chi connectivity index (χ3n) is 3.93. The van der Waals surface area contributed by atoms with Crippen molar-refractivity contribution >= 4 is 22.3 Å². The summed E-state index contributed by atoms with van der Waals surface area (Å²) in [6.45, 7) is 2.99. The minimum absolute atomic E-state index is 0.0514. The molecule has 1 aromatic carbocycles. The number of nitro benzene ring substituents is 1. The Balaban J connectivity index is 1.85. The highest BCUT2D eigenvalue weighted by Gasteiger charge is 2.16. The number of rotatable bonds is 4. The number of non-ortho nitro benzene ring substituents is 1. The molecule has 2 heterocycles. The van der Waals surface area contributed by atoms with Gasteiger partial charge < -0.3 is 10.6 Å². The van der Waals surface area contributed by atoms with Crippen LogP contribution in [-0.2, 0) is 0 Å². The number of hydrogen-bond acceptors (Lipinski definition) is 5. The van der Waals surface area contributed by atoms with E-state index in [1.54, 1.807) is 12.3 Å². The lowest BCUT2D eigenvalue weighted by molar-refractivity contribution is -0.383. The molecule has 1 aromatic heterocycles. The first kappa shape index (κ1) is 13.8. The number of pyridine rings is 1. The van der Waals surface area contributed by atoms with E-state index < -0.39 is 0 Å². The van der Waals surface area contributed by atoms with Gasteiger partial charge in [0.05, 0.1) is 4.92 Å². The summed E-state index contributed by atoms with van der Waals surface area (Å²) in [7, 11) is 0. The van der Waals surface area contributed by atoms with Crippen LogP contribution in [0.2, 0.25) is 0 Å². The Kier molecular flexibility index (Phi) is 3.96. The summed E-state index contributed by atoms with van der Waals surface area (Å²) in [4.78, 5) is 14.8. The fourth-order valence-electron chi connectivity index (χ4n) is 2.81. The van der Waals surface area contributed by atoms with Crippen molar-refractivity contribution < 1.29 is 4.92 Å². The van der Waals surface area contributed by atoms with Crippen LogP contribution in [0.3, 0.4) is 0 Å². The fourth-order valence-corrected chi connectivity index (χ4v) is 2.81. The van der Waals surface area contributed by atoms with Crippen molar-refractivity contribution in [3.8, 4) is 0 Å². The van der Waals surface area contributed by atoms with Crippen LogP contribution >= 0.6 is 0 Å². The van der Waals surface area contributed by atoms with E-state index in [2.05, 4.69) is 15.6 Å². The molecule has 110 valence electrons. The van der Waals surface area contributed by atoms with Gasteiger partial charge in [0.25, 0.3) is 5.69 Å². The number of aromatic nitrogens is 1. The number of nitro groups is 1. The summed E-state index contributed by atoms with van der Waals surface area (Å²) in [6, 6.07) is 6.94. The van der Waals surface area contributed by atoms with Gasteiger partial charge in [-0.1, -0.05) is 12.1 Å². The number of benzene rings is 1. The number of piperidine rings is 1. The fraction of sp³-hybridized carbons (Fsp3) is 0.400. The van der Waals surface area contributed by atoms with E-state index in [1.165, 1.54) is 18.9 Å². The monoisotopic (exact) mass is 286 g/mol. The van der Waals surface area contributed by atoms with E-state index in [4.69, 9.17) is 0 Å². The van der Waals surface area contributed by atoms with Crippen molar-refractivity contribution in [2.45, 2.75) is 12.8 Å². The Hall–Kier alpha value is -2.21. The molecule has 1 aliphatic rings. The quantitative estimate of drug-likeness (QED) is 0.667. The van der Waals surface area contributed by atoms with Crippen LogP contribution in [0.15, 0.2) is 30.5 Å². The Morgan fingerprint density at radius 1 is 1.43 bits per heavy atom. The largest absolute Gasteiger partial charge is 0.384 e. The lowest BCUT2D eigenvalue weighted by Gasteiger charge is -2.23. The summed E-state index contributed by atoms with van der Waals surface area (Å²) < 4.78 is 0. The van der Waals surface area contributed by atoms with Gasteiger partial charge in [0.15, 0.2) is 0 Å². The van der Waals surface area contributed by atoms with Gasteiger partial charge in [-0.05, 0) is 37.9 Å². The molecule has 6 heteroatoms. The normalized spacial score (nSPS) is 18.6. The second-order valence-electron chi connectivity index (χ2n) is 5.38. The zero-order chi connectivity index (χ0) is 14.7. The molecular formula is C15H18N4O2. The van der Waals surface area contributed by atoms with Gasteiger partial charge in [-0.15, -0.1) is 0 Å². The third-order valence-corrected chi connectivity index (χ3v) is 3.93. The van der Waals surface area contributed by atoms with Crippen LogP contribution in [0, 0.1) is 16.0 Å². The zero-order valence-corrected chi connectivity index (χ0v) is 11.7. The van der Waals surface area contributed by atoms with E-state index >= 15 is 0 Å². The molecule has 1 unspecified atom stereocenters. The van der Waals surface area contributed by atoms with Crippen LogP contribution in [-0.4, -0.2) is 29.5 Å². The van der Waals surface area contributed by atoms with E-state index in [0.29, 0.717) is 11.4 Å². The second-order valence-corrected chi connectivity index (χ2v) is 5.38. The van der Waals surface area contributed by atoms with Crippen molar-refractivity contribution in [1.82, 2.24) is 10.3 Å². The highest BCUT2D eigenvalue weighted by Crippen LogP contribution is 2.28. The van der Waals surface area contributed by atoms with Gasteiger partial charge in [0, 0.05) is 29.9 Å². The van der Waals surface area contributed by atoms with Crippen LogP contribution in [0.1, 0.15) is 12.8 Å². The lowest BCUT2D eigenvalue weighted by atomic mass is 9.99. The van der Waals surface area contributed by atoms with Crippen LogP contribution in [0.4, 0.5) is 11.4 Å². The van der Waals surface area contributed by atoms with E-state index in [9.17, 15) is 10.1 Å². The summed E-state index contributed by atoms with van der Waals surface area (Å²) in [5.41, 5.74) is 1.40. The van der Waals surface area contributed by atoms with Crippen molar-refractivity contribution in [3.05, 3.63) is 40.6 Å².